The van der Waals surface area contributed by atoms with Crippen LogP contribution < -0.4 is 10.2 Å². The normalized spacial score (nSPS) is 11.7. The van der Waals surface area contributed by atoms with Crippen LogP contribution in [0.3, 0.4) is 0 Å². The third kappa shape index (κ3) is 3.03. The summed E-state index contributed by atoms with van der Waals surface area (Å²) in [5, 5.41) is 9.44. The predicted octanol–water partition coefficient (Wildman–Crippen LogP) is 4.96. The van der Waals surface area contributed by atoms with Gasteiger partial charge in [0.25, 0.3) is 5.76 Å². The average Bonchev–Trinajstić information content (AvgIpc) is 2.48. The van der Waals surface area contributed by atoms with Gasteiger partial charge in [-0.1, -0.05) is 17.7 Å². The highest BCUT2D eigenvalue weighted by Gasteiger charge is 2.40. The second-order valence-corrected chi connectivity index (χ2v) is 5.26. The number of phenols is 1. The maximum absolute atomic E-state index is 13.2. The number of ether oxygens (including phenoxy) is 1. The van der Waals surface area contributed by atoms with Crippen LogP contribution in [-0.2, 0) is 6.18 Å². The molecule has 0 radical (unpaired) electrons. The van der Waals surface area contributed by atoms with E-state index in [1.807, 2.05) is 0 Å². The molecular formula is C16H8ClF3O4. The van der Waals surface area contributed by atoms with Gasteiger partial charge in [0, 0.05) is 11.1 Å². The molecular weight excluding hydrogens is 349 g/mol. The van der Waals surface area contributed by atoms with Gasteiger partial charge in [0.05, 0.1) is 5.39 Å². The molecule has 0 spiro atoms. The van der Waals surface area contributed by atoms with Gasteiger partial charge >= 0.3 is 6.18 Å². The van der Waals surface area contributed by atoms with E-state index in [1.54, 1.807) is 0 Å². The number of phenolic OH excluding ortho intramolecular Hbond substituents is 1. The fourth-order valence-electron chi connectivity index (χ4n) is 2.09. The van der Waals surface area contributed by atoms with E-state index in [0.29, 0.717) is 0 Å². The monoisotopic (exact) mass is 356 g/mol. The molecule has 3 rings (SSSR count). The molecule has 124 valence electrons. The van der Waals surface area contributed by atoms with Crippen LogP contribution in [0.2, 0.25) is 5.02 Å². The summed E-state index contributed by atoms with van der Waals surface area (Å²) in [5.41, 5.74) is -1.41. The molecule has 2 aromatic carbocycles. The van der Waals surface area contributed by atoms with Crippen molar-refractivity contribution in [3.05, 3.63) is 63.5 Å². The predicted molar refractivity (Wildman–Crippen MR) is 80.7 cm³/mol. The van der Waals surface area contributed by atoms with Crippen molar-refractivity contribution in [2.45, 2.75) is 6.18 Å². The van der Waals surface area contributed by atoms with Crippen LogP contribution in [0.15, 0.2) is 51.7 Å². The number of halogens is 4. The van der Waals surface area contributed by atoms with Crippen LogP contribution in [0.25, 0.3) is 11.0 Å². The van der Waals surface area contributed by atoms with Crippen LogP contribution in [0.4, 0.5) is 13.2 Å². The third-order valence-electron chi connectivity index (χ3n) is 3.11. The van der Waals surface area contributed by atoms with Crippen molar-refractivity contribution in [2.24, 2.45) is 0 Å². The van der Waals surface area contributed by atoms with E-state index in [1.165, 1.54) is 24.3 Å². The molecule has 0 saturated carbocycles. The molecule has 8 heteroatoms. The van der Waals surface area contributed by atoms with Gasteiger partial charge in [-0.2, -0.15) is 13.2 Å². The fourth-order valence-corrected chi connectivity index (χ4v) is 2.27. The molecule has 0 saturated heterocycles. The van der Waals surface area contributed by atoms with Crippen molar-refractivity contribution < 1.29 is 27.4 Å². The van der Waals surface area contributed by atoms with Gasteiger partial charge in [-0.15, -0.1) is 0 Å². The molecule has 24 heavy (non-hydrogen) atoms. The number of aromatic hydroxyl groups is 1. The van der Waals surface area contributed by atoms with Crippen LogP contribution in [-0.4, -0.2) is 5.11 Å². The maximum Gasteiger partial charge on any atom is 0.453 e. The molecule has 0 aliphatic heterocycles. The highest BCUT2D eigenvalue weighted by atomic mass is 35.5. The minimum atomic E-state index is -4.97. The zero-order valence-electron chi connectivity index (χ0n) is 11.7. The molecule has 1 aromatic heterocycles. The summed E-state index contributed by atoms with van der Waals surface area (Å²) in [6.45, 7) is 0. The molecule has 0 amide bonds. The second-order valence-electron chi connectivity index (χ2n) is 4.83. The van der Waals surface area contributed by atoms with Crippen LogP contribution in [0, 0.1) is 0 Å². The first-order valence-electron chi connectivity index (χ1n) is 6.56. The number of fused-ring (bicyclic) bond motifs is 1. The molecule has 3 aromatic rings. The zero-order chi connectivity index (χ0) is 17.5. The van der Waals surface area contributed by atoms with Gasteiger partial charge < -0.3 is 14.3 Å². The van der Waals surface area contributed by atoms with Gasteiger partial charge in [0.2, 0.25) is 11.2 Å². The minimum Gasteiger partial charge on any atom is -0.508 e. The molecule has 1 heterocycles. The molecule has 0 aliphatic carbocycles. The van der Waals surface area contributed by atoms with Gasteiger partial charge in [0.15, 0.2) is 0 Å². The quantitative estimate of drug-likeness (QED) is 0.704. The Bertz CT molecular complexity index is 979. The summed E-state index contributed by atoms with van der Waals surface area (Å²) in [6.07, 6.45) is -4.97. The fraction of sp³-hybridized carbons (Fsp3) is 0.0625. The molecule has 4 nitrogen and oxygen atoms in total. The lowest BCUT2D eigenvalue weighted by Crippen LogP contribution is -2.15. The maximum atomic E-state index is 13.2. The topological polar surface area (TPSA) is 59.7 Å². The SMILES string of the molecule is O=c1c(Oc2cccc(Cl)c2)c(C(F)(F)F)oc2cc(O)ccc12. The molecule has 0 fully saturated rings. The van der Waals surface area contributed by atoms with Crippen molar-refractivity contribution in [1.82, 2.24) is 0 Å². The molecule has 0 bridgehead atoms. The van der Waals surface area contributed by atoms with E-state index in [4.69, 9.17) is 20.8 Å². The first-order chi connectivity index (χ1) is 11.3. The minimum absolute atomic E-state index is 0.0431. The Morgan fingerprint density at radius 2 is 1.88 bits per heavy atom. The van der Waals surface area contributed by atoms with Crippen molar-refractivity contribution in [1.29, 1.82) is 0 Å². The zero-order valence-corrected chi connectivity index (χ0v) is 12.5. The summed E-state index contributed by atoms with van der Waals surface area (Å²) in [7, 11) is 0. The number of rotatable bonds is 2. The Hall–Kier alpha value is -2.67. The first kappa shape index (κ1) is 16.2. The van der Waals surface area contributed by atoms with E-state index in [9.17, 15) is 23.1 Å². The van der Waals surface area contributed by atoms with Crippen LogP contribution in [0.5, 0.6) is 17.2 Å². The number of benzene rings is 2. The van der Waals surface area contributed by atoms with Gasteiger partial charge in [0.1, 0.15) is 17.1 Å². The highest BCUT2D eigenvalue weighted by Crippen LogP contribution is 2.38. The number of hydrogen-bond donors (Lipinski definition) is 1. The van der Waals surface area contributed by atoms with E-state index < -0.39 is 28.7 Å². The van der Waals surface area contributed by atoms with Crippen molar-refractivity contribution in [3.8, 4) is 17.2 Å². The van der Waals surface area contributed by atoms with Crippen LogP contribution >= 0.6 is 11.6 Å². The van der Waals surface area contributed by atoms with Gasteiger partial charge in [-0.25, -0.2) is 0 Å². The Kier molecular flexibility index (Phi) is 3.88. The van der Waals surface area contributed by atoms with Crippen molar-refractivity contribution in [2.75, 3.05) is 0 Å². The molecule has 1 N–H and O–H groups in total. The number of hydrogen-bond acceptors (Lipinski definition) is 4. The van der Waals surface area contributed by atoms with Gasteiger partial charge in [-0.05, 0) is 30.3 Å². The third-order valence-corrected chi connectivity index (χ3v) is 3.34. The van der Waals surface area contributed by atoms with E-state index in [2.05, 4.69) is 0 Å². The van der Waals surface area contributed by atoms with E-state index in [-0.39, 0.29) is 21.9 Å². The van der Waals surface area contributed by atoms with Crippen LogP contribution in [0.1, 0.15) is 5.76 Å². The lowest BCUT2D eigenvalue weighted by Gasteiger charge is -2.13. The molecule has 0 aliphatic rings. The summed E-state index contributed by atoms with van der Waals surface area (Å²) < 4.78 is 49.6. The molecule has 0 atom stereocenters. The van der Waals surface area contributed by atoms with Crippen molar-refractivity contribution >= 4 is 22.6 Å². The smallest absolute Gasteiger partial charge is 0.453 e. The standard InChI is InChI=1S/C16H8ClF3O4/c17-8-2-1-3-10(6-8)23-14-13(22)11-5-4-9(21)7-12(11)24-15(14)16(18,19)20/h1-7,21H. The van der Waals surface area contributed by atoms with E-state index >= 15 is 0 Å². The Morgan fingerprint density at radius 1 is 1.12 bits per heavy atom. The van der Waals surface area contributed by atoms with Gasteiger partial charge in [-0.3, -0.25) is 4.79 Å². The Balaban J connectivity index is 2.26. The lowest BCUT2D eigenvalue weighted by molar-refractivity contribution is -0.154. The van der Waals surface area contributed by atoms with E-state index in [0.717, 1.165) is 18.2 Å². The Morgan fingerprint density at radius 3 is 2.54 bits per heavy atom. The Labute approximate surface area is 137 Å². The second kappa shape index (κ2) is 5.76. The highest BCUT2D eigenvalue weighted by molar-refractivity contribution is 6.30. The summed E-state index contributed by atoms with van der Waals surface area (Å²) in [5.74, 6) is -2.96. The largest absolute Gasteiger partial charge is 0.508 e. The summed E-state index contributed by atoms with van der Waals surface area (Å²) >= 11 is 5.76. The molecule has 0 unspecified atom stereocenters. The first-order valence-corrected chi connectivity index (χ1v) is 6.94. The number of alkyl halides is 3. The summed E-state index contributed by atoms with van der Waals surface area (Å²) in [4.78, 5) is 12.4. The lowest BCUT2D eigenvalue weighted by atomic mass is 10.2. The van der Waals surface area contributed by atoms with Crippen molar-refractivity contribution in [3.63, 3.8) is 0 Å². The summed E-state index contributed by atoms with van der Waals surface area (Å²) in [6, 6.07) is 8.83. The average molecular weight is 357 g/mol.